The van der Waals surface area contributed by atoms with Gasteiger partial charge in [0, 0.05) is 5.38 Å². The molecule has 0 N–H and O–H groups in total. The molecule has 1 atom stereocenters. The number of benzene rings is 1. The van der Waals surface area contributed by atoms with Crippen LogP contribution in [0.4, 0.5) is 0 Å². The molecule has 2 rings (SSSR count). The highest BCUT2D eigenvalue weighted by Gasteiger charge is 2.23. The SMILES string of the molecule is COc1ccc(CC(Cl)C2CCCC2)cc1OC. The van der Waals surface area contributed by atoms with Crippen molar-refractivity contribution in [2.24, 2.45) is 5.92 Å². The van der Waals surface area contributed by atoms with Gasteiger partial charge >= 0.3 is 0 Å². The second-order valence-electron chi connectivity index (χ2n) is 4.95. The first-order valence-corrected chi connectivity index (χ1v) is 7.03. The number of halogens is 1. The van der Waals surface area contributed by atoms with Crippen molar-refractivity contribution in [2.45, 2.75) is 37.5 Å². The largest absolute Gasteiger partial charge is 0.493 e. The van der Waals surface area contributed by atoms with Crippen molar-refractivity contribution in [1.29, 1.82) is 0 Å². The molecule has 1 aromatic rings. The van der Waals surface area contributed by atoms with Crippen molar-refractivity contribution < 1.29 is 9.47 Å². The average Bonchev–Trinajstić information content (AvgIpc) is 2.92. The highest BCUT2D eigenvalue weighted by molar-refractivity contribution is 6.20. The maximum Gasteiger partial charge on any atom is 0.160 e. The first-order chi connectivity index (χ1) is 8.74. The first-order valence-electron chi connectivity index (χ1n) is 6.59. The monoisotopic (exact) mass is 268 g/mol. The van der Waals surface area contributed by atoms with Crippen LogP contribution in [-0.2, 0) is 6.42 Å². The second-order valence-corrected chi connectivity index (χ2v) is 5.51. The van der Waals surface area contributed by atoms with Crippen LogP contribution < -0.4 is 9.47 Å². The van der Waals surface area contributed by atoms with Gasteiger partial charge in [0.05, 0.1) is 14.2 Å². The van der Waals surface area contributed by atoms with Crippen LogP contribution in [-0.4, -0.2) is 19.6 Å². The lowest BCUT2D eigenvalue weighted by atomic mass is 9.97. The Bertz CT molecular complexity index is 386. The third kappa shape index (κ3) is 3.11. The maximum atomic E-state index is 6.52. The zero-order valence-corrected chi connectivity index (χ0v) is 11.9. The number of methoxy groups -OCH3 is 2. The smallest absolute Gasteiger partial charge is 0.160 e. The van der Waals surface area contributed by atoms with Gasteiger partial charge in [-0.1, -0.05) is 18.9 Å². The van der Waals surface area contributed by atoms with Crippen LogP contribution in [0.25, 0.3) is 0 Å². The summed E-state index contributed by atoms with van der Waals surface area (Å²) in [7, 11) is 3.32. The van der Waals surface area contributed by atoms with Crippen molar-refractivity contribution in [3.8, 4) is 11.5 Å². The molecule has 0 bridgehead atoms. The van der Waals surface area contributed by atoms with Crippen LogP contribution in [0.3, 0.4) is 0 Å². The lowest BCUT2D eigenvalue weighted by Crippen LogP contribution is -2.14. The highest BCUT2D eigenvalue weighted by Crippen LogP contribution is 2.34. The van der Waals surface area contributed by atoms with Crippen LogP contribution in [0.5, 0.6) is 11.5 Å². The van der Waals surface area contributed by atoms with Crippen molar-refractivity contribution >= 4 is 11.6 Å². The Labute approximate surface area is 114 Å². The summed E-state index contributed by atoms with van der Waals surface area (Å²) in [5, 5.41) is 0.241. The zero-order chi connectivity index (χ0) is 13.0. The minimum atomic E-state index is 0.241. The van der Waals surface area contributed by atoms with E-state index in [1.165, 1.54) is 31.2 Å². The topological polar surface area (TPSA) is 18.5 Å². The third-order valence-corrected chi connectivity index (χ3v) is 4.30. The maximum absolute atomic E-state index is 6.52. The molecular weight excluding hydrogens is 248 g/mol. The van der Waals surface area contributed by atoms with Gasteiger partial charge in [0.15, 0.2) is 11.5 Å². The van der Waals surface area contributed by atoms with Gasteiger partial charge in [-0.05, 0) is 42.9 Å². The molecule has 1 aliphatic rings. The van der Waals surface area contributed by atoms with Crippen LogP contribution in [0.15, 0.2) is 18.2 Å². The van der Waals surface area contributed by atoms with Crippen LogP contribution in [0, 0.1) is 5.92 Å². The summed E-state index contributed by atoms with van der Waals surface area (Å²) in [4.78, 5) is 0. The average molecular weight is 269 g/mol. The molecule has 0 radical (unpaired) electrons. The quantitative estimate of drug-likeness (QED) is 0.751. The van der Waals surface area contributed by atoms with Gasteiger partial charge in [-0.15, -0.1) is 11.6 Å². The van der Waals surface area contributed by atoms with Crippen LogP contribution in [0.1, 0.15) is 31.2 Å². The predicted molar refractivity (Wildman–Crippen MR) is 74.8 cm³/mol. The van der Waals surface area contributed by atoms with E-state index in [-0.39, 0.29) is 5.38 Å². The van der Waals surface area contributed by atoms with E-state index in [4.69, 9.17) is 21.1 Å². The fourth-order valence-electron chi connectivity index (χ4n) is 2.72. The second kappa shape index (κ2) is 6.33. The first kappa shape index (κ1) is 13.5. The summed E-state index contributed by atoms with van der Waals surface area (Å²) in [6.07, 6.45) is 6.13. The van der Waals surface area contributed by atoms with Crippen molar-refractivity contribution in [3.63, 3.8) is 0 Å². The molecule has 0 spiro atoms. The normalized spacial score (nSPS) is 17.7. The molecule has 100 valence electrons. The van der Waals surface area contributed by atoms with Gasteiger partial charge in [-0.3, -0.25) is 0 Å². The minimum absolute atomic E-state index is 0.241. The standard InChI is InChI=1S/C15H21ClO2/c1-17-14-8-7-11(10-15(14)18-2)9-13(16)12-5-3-4-6-12/h7-8,10,12-13H,3-6,9H2,1-2H3. The molecule has 0 aliphatic heterocycles. The molecule has 2 nitrogen and oxygen atoms in total. The third-order valence-electron chi connectivity index (χ3n) is 3.79. The molecule has 1 aliphatic carbocycles. The molecule has 3 heteroatoms. The van der Waals surface area contributed by atoms with E-state index in [1.54, 1.807) is 14.2 Å². The molecular formula is C15H21ClO2. The van der Waals surface area contributed by atoms with Gasteiger partial charge in [0.2, 0.25) is 0 Å². The molecule has 0 aromatic heterocycles. The van der Waals surface area contributed by atoms with Crippen molar-refractivity contribution in [2.75, 3.05) is 14.2 Å². The van der Waals surface area contributed by atoms with Gasteiger partial charge in [0.1, 0.15) is 0 Å². The summed E-state index contributed by atoms with van der Waals surface area (Å²) in [5.74, 6) is 2.23. The number of hydrogen-bond acceptors (Lipinski definition) is 2. The zero-order valence-electron chi connectivity index (χ0n) is 11.1. The van der Waals surface area contributed by atoms with E-state index < -0.39 is 0 Å². The number of ether oxygens (including phenoxy) is 2. The van der Waals surface area contributed by atoms with E-state index in [9.17, 15) is 0 Å². The molecule has 1 fully saturated rings. The molecule has 0 saturated heterocycles. The summed E-state index contributed by atoms with van der Waals surface area (Å²) in [6, 6.07) is 6.06. The molecule has 1 aromatic carbocycles. The fraction of sp³-hybridized carbons (Fsp3) is 0.600. The predicted octanol–water partition coefficient (Wildman–Crippen LogP) is 4.04. The van der Waals surface area contributed by atoms with Crippen LogP contribution in [0.2, 0.25) is 0 Å². The van der Waals surface area contributed by atoms with E-state index in [1.807, 2.05) is 12.1 Å². The Morgan fingerprint density at radius 3 is 2.44 bits per heavy atom. The van der Waals surface area contributed by atoms with Gasteiger partial charge < -0.3 is 9.47 Å². The Balaban J connectivity index is 2.04. The molecule has 1 unspecified atom stereocenters. The fourth-order valence-corrected chi connectivity index (χ4v) is 3.15. The van der Waals surface area contributed by atoms with Crippen molar-refractivity contribution in [3.05, 3.63) is 23.8 Å². The summed E-state index contributed by atoms with van der Waals surface area (Å²) < 4.78 is 10.6. The minimum Gasteiger partial charge on any atom is -0.493 e. The van der Waals surface area contributed by atoms with Crippen LogP contribution >= 0.6 is 11.6 Å². The van der Waals surface area contributed by atoms with E-state index >= 15 is 0 Å². The Kier molecular flexibility index (Phi) is 4.76. The Morgan fingerprint density at radius 1 is 1.17 bits per heavy atom. The molecule has 0 amide bonds. The van der Waals surface area contributed by atoms with Gasteiger partial charge in [-0.25, -0.2) is 0 Å². The molecule has 1 saturated carbocycles. The Hall–Kier alpha value is -0.890. The van der Waals surface area contributed by atoms with E-state index in [2.05, 4.69) is 6.07 Å². The lowest BCUT2D eigenvalue weighted by molar-refractivity contribution is 0.354. The molecule has 0 heterocycles. The van der Waals surface area contributed by atoms with Crippen molar-refractivity contribution in [1.82, 2.24) is 0 Å². The van der Waals surface area contributed by atoms with E-state index in [0.717, 1.165) is 17.9 Å². The van der Waals surface area contributed by atoms with E-state index in [0.29, 0.717) is 5.92 Å². The summed E-state index contributed by atoms with van der Waals surface area (Å²) in [5.41, 5.74) is 1.22. The van der Waals surface area contributed by atoms with Gasteiger partial charge in [-0.2, -0.15) is 0 Å². The van der Waals surface area contributed by atoms with Gasteiger partial charge in [0.25, 0.3) is 0 Å². The number of alkyl halides is 1. The molecule has 18 heavy (non-hydrogen) atoms. The summed E-state index contributed by atoms with van der Waals surface area (Å²) in [6.45, 7) is 0. The summed E-state index contributed by atoms with van der Waals surface area (Å²) >= 11 is 6.52. The lowest BCUT2D eigenvalue weighted by Gasteiger charge is -2.17. The number of hydrogen-bond donors (Lipinski definition) is 0. The Morgan fingerprint density at radius 2 is 1.83 bits per heavy atom. The highest BCUT2D eigenvalue weighted by atomic mass is 35.5. The number of rotatable bonds is 5.